The van der Waals surface area contributed by atoms with Gasteiger partial charge in [-0.25, -0.2) is 4.39 Å². The monoisotopic (exact) mass is 293 g/mol. The molecule has 2 heterocycles. The summed E-state index contributed by atoms with van der Waals surface area (Å²) in [5, 5.41) is 0. The number of rotatable bonds is 1. The molecule has 0 saturated carbocycles. The van der Waals surface area contributed by atoms with Gasteiger partial charge in [-0.3, -0.25) is 14.5 Å². The van der Waals surface area contributed by atoms with Crippen LogP contribution in [0.15, 0.2) is 18.2 Å². The van der Waals surface area contributed by atoms with Crippen molar-refractivity contribution in [3.63, 3.8) is 0 Å². The van der Waals surface area contributed by atoms with Crippen LogP contribution < -0.4 is 0 Å². The minimum Gasteiger partial charge on any atom is -0.331 e. The van der Waals surface area contributed by atoms with Crippen LogP contribution in [0, 0.1) is 10.6 Å². The Balaban J connectivity index is 2.17. The first-order valence-electron chi connectivity index (χ1n) is 6.19. The van der Waals surface area contributed by atoms with Crippen molar-refractivity contribution in [1.82, 2.24) is 14.5 Å². The zero-order valence-electron chi connectivity index (χ0n) is 10.7. The van der Waals surface area contributed by atoms with Gasteiger partial charge in [-0.1, -0.05) is 0 Å². The number of benzene rings is 1. The van der Waals surface area contributed by atoms with Crippen LogP contribution in [0.1, 0.15) is 18.9 Å². The largest absolute Gasteiger partial charge is 0.331 e. The number of fused-ring (bicyclic) bond motifs is 1. The van der Waals surface area contributed by atoms with E-state index in [0.717, 1.165) is 4.90 Å². The minimum atomic E-state index is -0.569. The fraction of sp³-hybridized carbons (Fsp3) is 0.308. The summed E-state index contributed by atoms with van der Waals surface area (Å²) in [5.41, 5.74) is 1.21. The molecule has 7 heteroatoms. The lowest BCUT2D eigenvalue weighted by Gasteiger charge is -2.28. The van der Waals surface area contributed by atoms with Crippen LogP contribution in [0.25, 0.3) is 11.0 Å². The number of carbonyl (C=O) groups excluding carboxylic acids is 2. The maximum absolute atomic E-state index is 13.4. The molecule has 1 aromatic heterocycles. The van der Waals surface area contributed by atoms with Crippen LogP contribution in [0.3, 0.4) is 0 Å². The third kappa shape index (κ3) is 1.85. The Kier molecular flexibility index (Phi) is 2.93. The molecule has 1 aliphatic heterocycles. The minimum absolute atomic E-state index is 0.205. The van der Waals surface area contributed by atoms with Crippen LogP contribution >= 0.6 is 12.2 Å². The molecule has 0 spiro atoms. The number of aromatic amines is 1. The van der Waals surface area contributed by atoms with Gasteiger partial charge in [0.1, 0.15) is 11.9 Å². The van der Waals surface area contributed by atoms with Gasteiger partial charge >= 0.3 is 0 Å². The van der Waals surface area contributed by atoms with Crippen molar-refractivity contribution in [2.45, 2.75) is 18.9 Å². The predicted octanol–water partition coefficient (Wildman–Crippen LogP) is 2.16. The molecule has 0 aliphatic carbocycles. The number of hydrogen-bond donors (Lipinski definition) is 1. The van der Waals surface area contributed by atoms with Gasteiger partial charge in [0.05, 0.1) is 11.0 Å². The number of imidazole rings is 1. The van der Waals surface area contributed by atoms with E-state index in [1.165, 1.54) is 19.2 Å². The lowest BCUT2D eigenvalue weighted by molar-refractivity contribution is -0.149. The molecule has 1 saturated heterocycles. The van der Waals surface area contributed by atoms with Gasteiger partial charge in [-0.2, -0.15) is 0 Å². The van der Waals surface area contributed by atoms with Crippen molar-refractivity contribution in [2.24, 2.45) is 0 Å². The van der Waals surface area contributed by atoms with E-state index in [0.29, 0.717) is 22.2 Å². The third-order valence-corrected chi connectivity index (χ3v) is 3.91. The molecule has 20 heavy (non-hydrogen) atoms. The highest BCUT2D eigenvalue weighted by Crippen LogP contribution is 2.28. The summed E-state index contributed by atoms with van der Waals surface area (Å²) in [7, 11) is 1.45. The standard InChI is InChI=1S/C13H12FN3O2S/c1-16-11(18)5-4-9(12(16)19)17-10-6-7(14)2-3-8(10)15-13(17)20/h2-3,6,9H,4-5H2,1H3,(H,15,20). The quantitative estimate of drug-likeness (QED) is 0.647. The first-order chi connectivity index (χ1) is 9.49. The topological polar surface area (TPSA) is 58.1 Å². The van der Waals surface area contributed by atoms with Crippen LogP contribution in [-0.4, -0.2) is 33.3 Å². The molecule has 2 aromatic rings. The van der Waals surface area contributed by atoms with E-state index >= 15 is 0 Å². The Morgan fingerprint density at radius 2 is 2.15 bits per heavy atom. The van der Waals surface area contributed by atoms with Gasteiger partial charge in [-0.05, 0) is 36.8 Å². The average Bonchev–Trinajstić information content (AvgIpc) is 2.72. The van der Waals surface area contributed by atoms with E-state index in [2.05, 4.69) is 4.98 Å². The summed E-state index contributed by atoms with van der Waals surface area (Å²) in [6.07, 6.45) is 0.649. The molecule has 5 nitrogen and oxygen atoms in total. The number of likely N-dealkylation sites (N-methyl/N-ethyl adjacent to an activating group) is 1. The number of aromatic nitrogens is 2. The number of amides is 2. The lowest BCUT2D eigenvalue weighted by atomic mass is 10.0. The van der Waals surface area contributed by atoms with E-state index in [1.54, 1.807) is 10.6 Å². The van der Waals surface area contributed by atoms with Gasteiger partial charge in [0.25, 0.3) is 5.91 Å². The predicted molar refractivity (Wildman–Crippen MR) is 73.1 cm³/mol. The second-order valence-electron chi connectivity index (χ2n) is 4.81. The molecule has 0 bridgehead atoms. The Hall–Kier alpha value is -2.02. The number of H-pyrrole nitrogens is 1. The molecule has 1 unspecified atom stereocenters. The summed E-state index contributed by atoms with van der Waals surface area (Å²) < 4.78 is 15.4. The summed E-state index contributed by atoms with van der Waals surface area (Å²) in [6, 6.07) is 3.68. The van der Waals surface area contributed by atoms with Crippen LogP contribution in [0.4, 0.5) is 4.39 Å². The highest BCUT2D eigenvalue weighted by atomic mass is 32.1. The number of imide groups is 1. The van der Waals surface area contributed by atoms with Crippen molar-refractivity contribution >= 4 is 35.1 Å². The summed E-state index contributed by atoms with van der Waals surface area (Å²) >= 11 is 5.23. The molecule has 1 fully saturated rings. The number of nitrogens with one attached hydrogen (secondary N) is 1. The molecule has 1 N–H and O–H groups in total. The molecule has 1 aromatic carbocycles. The maximum atomic E-state index is 13.4. The lowest BCUT2D eigenvalue weighted by Crippen LogP contribution is -2.43. The van der Waals surface area contributed by atoms with Gasteiger partial charge in [0, 0.05) is 13.5 Å². The van der Waals surface area contributed by atoms with Crippen molar-refractivity contribution in [1.29, 1.82) is 0 Å². The van der Waals surface area contributed by atoms with E-state index in [-0.39, 0.29) is 18.2 Å². The maximum Gasteiger partial charge on any atom is 0.252 e. The highest BCUT2D eigenvalue weighted by Gasteiger charge is 2.34. The second kappa shape index (κ2) is 4.52. The third-order valence-electron chi connectivity index (χ3n) is 3.61. The van der Waals surface area contributed by atoms with E-state index in [1.807, 2.05) is 0 Å². The zero-order valence-corrected chi connectivity index (χ0v) is 11.5. The molecule has 1 atom stereocenters. The smallest absolute Gasteiger partial charge is 0.252 e. The van der Waals surface area contributed by atoms with Crippen molar-refractivity contribution in [3.05, 3.63) is 28.8 Å². The van der Waals surface area contributed by atoms with Gasteiger partial charge < -0.3 is 9.55 Å². The summed E-state index contributed by atoms with van der Waals surface area (Å²) in [6.45, 7) is 0. The normalized spacial score (nSPS) is 19.9. The van der Waals surface area contributed by atoms with Gasteiger partial charge in [-0.15, -0.1) is 0 Å². The molecule has 0 radical (unpaired) electrons. The summed E-state index contributed by atoms with van der Waals surface area (Å²) in [5.74, 6) is -0.917. The SMILES string of the molecule is CN1C(=O)CCC(n2c(=S)[nH]c3ccc(F)cc32)C1=O. The Labute approximate surface area is 119 Å². The zero-order chi connectivity index (χ0) is 14.4. The van der Waals surface area contributed by atoms with Crippen molar-refractivity contribution in [3.8, 4) is 0 Å². The van der Waals surface area contributed by atoms with Crippen molar-refractivity contribution < 1.29 is 14.0 Å². The molecule has 2 amide bonds. The Bertz CT molecular complexity index is 780. The van der Waals surface area contributed by atoms with Gasteiger partial charge in [0.15, 0.2) is 4.77 Å². The Morgan fingerprint density at radius 3 is 2.90 bits per heavy atom. The number of halogens is 1. The molecule has 1 aliphatic rings. The Morgan fingerprint density at radius 1 is 1.40 bits per heavy atom. The van der Waals surface area contributed by atoms with Crippen LogP contribution in [-0.2, 0) is 9.59 Å². The highest BCUT2D eigenvalue weighted by molar-refractivity contribution is 7.71. The number of carbonyl (C=O) groups is 2. The van der Waals surface area contributed by atoms with Crippen LogP contribution in [0.2, 0.25) is 0 Å². The summed E-state index contributed by atoms with van der Waals surface area (Å²) in [4.78, 5) is 27.8. The second-order valence-corrected chi connectivity index (χ2v) is 5.19. The first-order valence-corrected chi connectivity index (χ1v) is 6.60. The van der Waals surface area contributed by atoms with Crippen molar-refractivity contribution in [2.75, 3.05) is 7.05 Å². The number of nitrogens with zero attached hydrogens (tertiary/aromatic N) is 2. The number of likely N-dealkylation sites (tertiary alicyclic amines) is 1. The molecular formula is C13H12FN3O2S. The van der Waals surface area contributed by atoms with E-state index in [4.69, 9.17) is 12.2 Å². The number of piperidine rings is 1. The molecule has 3 rings (SSSR count). The molecule has 104 valence electrons. The first kappa shape index (κ1) is 13.0. The fourth-order valence-electron chi connectivity index (χ4n) is 2.54. The average molecular weight is 293 g/mol. The van der Waals surface area contributed by atoms with Gasteiger partial charge in [0.2, 0.25) is 5.91 Å². The van der Waals surface area contributed by atoms with E-state index < -0.39 is 11.9 Å². The number of hydrogen-bond acceptors (Lipinski definition) is 3. The van der Waals surface area contributed by atoms with E-state index in [9.17, 15) is 14.0 Å². The fourth-order valence-corrected chi connectivity index (χ4v) is 2.88. The molecular weight excluding hydrogens is 281 g/mol. The van der Waals surface area contributed by atoms with Crippen LogP contribution in [0.5, 0.6) is 0 Å².